The molecule has 7 heteroatoms. The topological polar surface area (TPSA) is 71.1 Å². The summed E-state index contributed by atoms with van der Waals surface area (Å²) >= 11 is 0. The van der Waals surface area contributed by atoms with Crippen LogP contribution in [-0.4, -0.2) is 50.2 Å². The van der Waals surface area contributed by atoms with Crippen LogP contribution in [0, 0.1) is 0 Å². The molecule has 0 saturated carbocycles. The second-order valence-electron chi connectivity index (χ2n) is 6.22. The third kappa shape index (κ3) is 3.97. The lowest BCUT2D eigenvalue weighted by Gasteiger charge is -2.39. The Balaban J connectivity index is 1.68. The molecule has 0 spiro atoms. The third-order valence-corrected chi connectivity index (χ3v) is 4.62. The highest BCUT2D eigenvalue weighted by atomic mass is 16.5. The van der Waals surface area contributed by atoms with E-state index in [1.54, 1.807) is 55.2 Å². The van der Waals surface area contributed by atoms with Gasteiger partial charge in [0.15, 0.2) is 0 Å². The average Bonchev–Trinajstić information content (AvgIpc) is 2.70. The Labute approximate surface area is 158 Å². The summed E-state index contributed by atoms with van der Waals surface area (Å²) in [5.74, 6) is 1.27. The van der Waals surface area contributed by atoms with Gasteiger partial charge in [-0.15, -0.1) is 0 Å². The molecule has 0 bridgehead atoms. The van der Waals surface area contributed by atoms with E-state index in [-0.39, 0.29) is 11.9 Å². The molecule has 2 aromatic rings. The van der Waals surface area contributed by atoms with Crippen molar-refractivity contribution in [3.63, 3.8) is 0 Å². The van der Waals surface area contributed by atoms with Gasteiger partial charge in [-0.25, -0.2) is 4.79 Å². The van der Waals surface area contributed by atoms with Crippen LogP contribution in [0.2, 0.25) is 0 Å². The first-order valence-corrected chi connectivity index (χ1v) is 8.70. The number of benzene rings is 2. The molecular weight excluding hydrogens is 346 g/mol. The van der Waals surface area contributed by atoms with Gasteiger partial charge in [0.1, 0.15) is 17.5 Å². The van der Waals surface area contributed by atoms with Crippen LogP contribution in [0.1, 0.15) is 6.92 Å². The Morgan fingerprint density at radius 3 is 2.41 bits per heavy atom. The van der Waals surface area contributed by atoms with E-state index >= 15 is 0 Å². The Kier molecular flexibility index (Phi) is 5.49. The van der Waals surface area contributed by atoms with E-state index in [9.17, 15) is 9.59 Å². The van der Waals surface area contributed by atoms with Crippen LogP contribution in [0.3, 0.4) is 0 Å². The fraction of sp³-hybridized carbons (Fsp3) is 0.300. The van der Waals surface area contributed by atoms with Crippen molar-refractivity contribution in [2.24, 2.45) is 0 Å². The molecule has 1 atom stereocenters. The van der Waals surface area contributed by atoms with E-state index in [0.717, 1.165) is 11.4 Å². The van der Waals surface area contributed by atoms with Crippen molar-refractivity contribution < 1.29 is 19.1 Å². The Bertz CT molecular complexity index is 822. The SMILES string of the molecule is COc1ccc(N2CCN(C(=O)Nc3cccc(OC)c3)[C@H](C)C2=O)cc1. The molecule has 0 aromatic heterocycles. The summed E-state index contributed by atoms with van der Waals surface area (Å²) in [4.78, 5) is 28.7. The molecule has 1 saturated heterocycles. The highest BCUT2D eigenvalue weighted by Crippen LogP contribution is 2.24. The predicted octanol–water partition coefficient (Wildman–Crippen LogP) is 2.97. The quantitative estimate of drug-likeness (QED) is 0.899. The highest BCUT2D eigenvalue weighted by Gasteiger charge is 2.35. The Hall–Kier alpha value is -3.22. The van der Waals surface area contributed by atoms with Gasteiger partial charge in [0, 0.05) is 30.5 Å². The van der Waals surface area contributed by atoms with Crippen molar-refractivity contribution in [2.75, 3.05) is 37.5 Å². The number of hydrogen-bond donors (Lipinski definition) is 1. The molecule has 1 fully saturated rings. The van der Waals surface area contributed by atoms with Crippen molar-refractivity contribution in [2.45, 2.75) is 13.0 Å². The molecule has 2 aromatic carbocycles. The minimum Gasteiger partial charge on any atom is -0.497 e. The second kappa shape index (κ2) is 7.99. The number of nitrogens with one attached hydrogen (secondary N) is 1. The summed E-state index contributed by atoms with van der Waals surface area (Å²) in [5, 5.41) is 2.83. The zero-order valence-electron chi connectivity index (χ0n) is 15.6. The number of methoxy groups -OCH3 is 2. The summed E-state index contributed by atoms with van der Waals surface area (Å²) < 4.78 is 10.3. The van der Waals surface area contributed by atoms with Crippen LogP contribution in [-0.2, 0) is 4.79 Å². The zero-order chi connectivity index (χ0) is 19.4. The first-order valence-electron chi connectivity index (χ1n) is 8.70. The number of rotatable bonds is 4. The molecule has 1 aliphatic heterocycles. The normalized spacial score (nSPS) is 16.9. The monoisotopic (exact) mass is 369 g/mol. The maximum absolute atomic E-state index is 12.8. The van der Waals surface area contributed by atoms with Crippen LogP contribution in [0.15, 0.2) is 48.5 Å². The first-order chi connectivity index (χ1) is 13.0. The lowest BCUT2D eigenvalue weighted by atomic mass is 10.1. The van der Waals surface area contributed by atoms with Crippen molar-refractivity contribution in [1.82, 2.24) is 4.90 Å². The maximum atomic E-state index is 12.8. The van der Waals surface area contributed by atoms with Gasteiger partial charge in [-0.05, 0) is 43.3 Å². The number of piperazine rings is 1. The van der Waals surface area contributed by atoms with E-state index in [4.69, 9.17) is 9.47 Å². The van der Waals surface area contributed by atoms with Crippen LogP contribution in [0.4, 0.5) is 16.2 Å². The maximum Gasteiger partial charge on any atom is 0.322 e. The first kappa shape index (κ1) is 18.6. The predicted molar refractivity (Wildman–Crippen MR) is 104 cm³/mol. The van der Waals surface area contributed by atoms with E-state index in [2.05, 4.69) is 5.32 Å². The summed E-state index contributed by atoms with van der Waals surface area (Å²) in [7, 11) is 3.17. The van der Waals surface area contributed by atoms with Gasteiger partial charge in [0.2, 0.25) is 5.91 Å². The van der Waals surface area contributed by atoms with Gasteiger partial charge < -0.3 is 24.6 Å². The van der Waals surface area contributed by atoms with Gasteiger partial charge >= 0.3 is 6.03 Å². The molecule has 142 valence electrons. The number of anilines is 2. The van der Waals surface area contributed by atoms with E-state index in [1.807, 2.05) is 24.3 Å². The van der Waals surface area contributed by atoms with Crippen molar-refractivity contribution in [1.29, 1.82) is 0 Å². The summed E-state index contributed by atoms with van der Waals surface area (Å²) in [6.45, 7) is 2.61. The van der Waals surface area contributed by atoms with Crippen molar-refractivity contribution in [3.05, 3.63) is 48.5 Å². The highest BCUT2D eigenvalue weighted by molar-refractivity contribution is 6.01. The second-order valence-corrected chi connectivity index (χ2v) is 6.22. The molecule has 0 unspecified atom stereocenters. The fourth-order valence-electron chi connectivity index (χ4n) is 3.06. The summed E-state index contributed by atoms with van der Waals surface area (Å²) in [5.41, 5.74) is 1.41. The number of urea groups is 1. The number of nitrogens with zero attached hydrogens (tertiary/aromatic N) is 2. The number of amides is 3. The fourth-order valence-corrected chi connectivity index (χ4v) is 3.06. The number of carbonyl (C=O) groups is 2. The van der Waals surface area contributed by atoms with Gasteiger partial charge in [0.25, 0.3) is 0 Å². The third-order valence-electron chi connectivity index (χ3n) is 4.62. The summed E-state index contributed by atoms with van der Waals surface area (Å²) in [6, 6.07) is 13.6. The molecule has 7 nitrogen and oxygen atoms in total. The standard InChI is InChI=1S/C20H23N3O4/c1-14-19(24)23(16-7-9-17(26-2)10-8-16)12-11-22(14)20(25)21-15-5-4-6-18(13-15)27-3/h4-10,13-14H,11-12H2,1-3H3,(H,21,25)/t14-/m1/s1. The molecule has 27 heavy (non-hydrogen) atoms. The van der Waals surface area contributed by atoms with E-state index in [1.165, 1.54) is 0 Å². The Morgan fingerprint density at radius 2 is 1.74 bits per heavy atom. The van der Waals surface area contributed by atoms with E-state index in [0.29, 0.717) is 24.5 Å². The summed E-state index contributed by atoms with van der Waals surface area (Å²) in [6.07, 6.45) is 0. The van der Waals surface area contributed by atoms with Crippen LogP contribution in [0.25, 0.3) is 0 Å². The minimum atomic E-state index is -0.563. The molecule has 1 heterocycles. The molecule has 1 N–H and O–H groups in total. The number of carbonyl (C=O) groups excluding carboxylic acids is 2. The minimum absolute atomic E-state index is 0.118. The molecular formula is C20H23N3O4. The molecule has 0 radical (unpaired) electrons. The van der Waals surface area contributed by atoms with Gasteiger partial charge in [-0.2, -0.15) is 0 Å². The van der Waals surface area contributed by atoms with Gasteiger partial charge in [0.05, 0.1) is 14.2 Å². The van der Waals surface area contributed by atoms with Crippen molar-refractivity contribution >= 4 is 23.3 Å². The molecule has 3 rings (SSSR count). The Morgan fingerprint density at radius 1 is 1.04 bits per heavy atom. The molecule has 0 aliphatic carbocycles. The smallest absolute Gasteiger partial charge is 0.322 e. The van der Waals surface area contributed by atoms with E-state index < -0.39 is 6.04 Å². The van der Waals surface area contributed by atoms with Crippen LogP contribution >= 0.6 is 0 Å². The molecule has 3 amide bonds. The lowest BCUT2D eigenvalue weighted by Crippen LogP contribution is -2.58. The number of ether oxygens (including phenoxy) is 2. The van der Waals surface area contributed by atoms with Crippen molar-refractivity contribution in [3.8, 4) is 11.5 Å². The lowest BCUT2D eigenvalue weighted by molar-refractivity contribution is -0.123. The van der Waals surface area contributed by atoms with Gasteiger partial charge in [-0.1, -0.05) is 6.07 Å². The zero-order valence-corrected chi connectivity index (χ0v) is 15.6. The average molecular weight is 369 g/mol. The largest absolute Gasteiger partial charge is 0.497 e. The van der Waals surface area contributed by atoms with Crippen LogP contribution in [0.5, 0.6) is 11.5 Å². The number of hydrogen-bond acceptors (Lipinski definition) is 4. The van der Waals surface area contributed by atoms with Gasteiger partial charge in [-0.3, -0.25) is 4.79 Å². The van der Waals surface area contributed by atoms with Crippen LogP contribution < -0.4 is 19.7 Å². The molecule has 1 aliphatic rings.